The van der Waals surface area contributed by atoms with Crippen LogP contribution in [0.4, 0.5) is 4.39 Å². The molecule has 0 aliphatic carbocycles. The zero-order chi connectivity index (χ0) is 14.3. The van der Waals surface area contributed by atoms with Crippen molar-refractivity contribution < 1.29 is 17.9 Å². The molecule has 0 unspecified atom stereocenters. The first-order valence-corrected chi connectivity index (χ1v) is 7.19. The summed E-state index contributed by atoms with van der Waals surface area (Å²) >= 11 is 0. The highest BCUT2D eigenvalue weighted by Crippen LogP contribution is 2.31. The summed E-state index contributed by atoms with van der Waals surface area (Å²) in [6.45, 7) is 1.69. The Balaban J connectivity index is 2.38. The van der Waals surface area contributed by atoms with Crippen LogP contribution in [0.5, 0.6) is 0 Å². The third kappa shape index (κ3) is 2.23. The highest BCUT2D eigenvalue weighted by molar-refractivity contribution is 7.89. The van der Waals surface area contributed by atoms with E-state index >= 15 is 0 Å². The number of benzene rings is 1. The highest BCUT2D eigenvalue weighted by atomic mass is 32.2. The van der Waals surface area contributed by atoms with Crippen LogP contribution in [0.3, 0.4) is 0 Å². The normalized spacial score (nSPS) is 18.6. The molecule has 0 amide bonds. The van der Waals surface area contributed by atoms with Crippen LogP contribution in [0.25, 0.3) is 0 Å². The van der Waals surface area contributed by atoms with Crippen molar-refractivity contribution >= 4 is 10.0 Å². The van der Waals surface area contributed by atoms with Gasteiger partial charge in [-0.3, -0.25) is 0 Å². The molecule has 1 aliphatic heterocycles. The Kier molecular flexibility index (Phi) is 3.34. The molecule has 1 heterocycles. The molecule has 0 bridgehead atoms. The minimum Gasteiger partial charge on any atom is -0.387 e. The Hall–Kier alpha value is -1.49. The fraction of sp³-hybridized carbons (Fsp3) is 0.417. The molecule has 0 aromatic heterocycles. The number of rotatable bonds is 3. The van der Waals surface area contributed by atoms with Crippen molar-refractivity contribution in [2.75, 3.05) is 13.1 Å². The fourth-order valence-corrected chi connectivity index (χ4v) is 3.72. The van der Waals surface area contributed by atoms with Crippen molar-refractivity contribution in [2.45, 2.75) is 23.8 Å². The molecule has 0 atom stereocenters. The van der Waals surface area contributed by atoms with Crippen molar-refractivity contribution in [3.8, 4) is 6.07 Å². The summed E-state index contributed by atoms with van der Waals surface area (Å²) in [5.41, 5.74) is -1.51. The van der Waals surface area contributed by atoms with Crippen LogP contribution in [-0.2, 0) is 10.0 Å². The van der Waals surface area contributed by atoms with Gasteiger partial charge in [-0.2, -0.15) is 9.57 Å². The van der Waals surface area contributed by atoms with Gasteiger partial charge in [0, 0.05) is 13.1 Å². The molecule has 102 valence electrons. The van der Waals surface area contributed by atoms with E-state index in [1.165, 1.54) is 12.1 Å². The molecule has 0 spiro atoms. The van der Waals surface area contributed by atoms with E-state index in [1.807, 2.05) is 0 Å². The first-order valence-electron chi connectivity index (χ1n) is 5.75. The average Bonchev–Trinajstić information content (AvgIpc) is 2.34. The summed E-state index contributed by atoms with van der Waals surface area (Å²) in [6, 6.07) is 5.04. The first kappa shape index (κ1) is 13.9. The van der Waals surface area contributed by atoms with Crippen molar-refractivity contribution in [3.63, 3.8) is 0 Å². The van der Waals surface area contributed by atoms with Crippen LogP contribution in [0.2, 0.25) is 0 Å². The molecule has 0 saturated carbocycles. The minimum absolute atomic E-state index is 0.0345. The SMILES string of the molecule is CCC1(O)CN(S(=O)(=O)c2cccc(F)c2C#N)C1. The smallest absolute Gasteiger partial charge is 0.244 e. The first-order chi connectivity index (χ1) is 8.84. The average molecular weight is 284 g/mol. The number of sulfonamides is 1. The molecular weight excluding hydrogens is 271 g/mol. The largest absolute Gasteiger partial charge is 0.387 e. The molecular formula is C12H13FN2O3S. The summed E-state index contributed by atoms with van der Waals surface area (Å²) in [5.74, 6) is -0.866. The van der Waals surface area contributed by atoms with Crippen LogP contribution >= 0.6 is 0 Å². The predicted molar refractivity (Wildman–Crippen MR) is 65.1 cm³/mol. The van der Waals surface area contributed by atoms with Gasteiger partial charge in [0.05, 0.1) is 5.60 Å². The van der Waals surface area contributed by atoms with Gasteiger partial charge >= 0.3 is 0 Å². The topological polar surface area (TPSA) is 81.4 Å². The second-order valence-electron chi connectivity index (χ2n) is 4.58. The number of nitriles is 1. The van der Waals surface area contributed by atoms with Gasteiger partial charge in [-0.25, -0.2) is 12.8 Å². The molecule has 19 heavy (non-hydrogen) atoms. The number of aliphatic hydroxyl groups is 1. The zero-order valence-corrected chi connectivity index (χ0v) is 11.1. The third-order valence-electron chi connectivity index (χ3n) is 3.30. The minimum atomic E-state index is -3.94. The molecule has 2 rings (SSSR count). The zero-order valence-electron chi connectivity index (χ0n) is 10.3. The molecule has 0 radical (unpaired) electrons. The predicted octanol–water partition coefficient (Wildman–Crippen LogP) is 0.843. The summed E-state index contributed by atoms with van der Waals surface area (Å²) in [5, 5.41) is 18.7. The molecule has 1 aromatic carbocycles. The van der Waals surface area contributed by atoms with Gasteiger partial charge in [0.2, 0.25) is 10.0 Å². The van der Waals surface area contributed by atoms with Crippen molar-refractivity contribution in [1.82, 2.24) is 4.31 Å². The fourth-order valence-electron chi connectivity index (χ4n) is 1.97. The van der Waals surface area contributed by atoms with Gasteiger partial charge in [0.25, 0.3) is 0 Å². The maximum atomic E-state index is 13.4. The van der Waals surface area contributed by atoms with Crippen LogP contribution in [0.15, 0.2) is 23.1 Å². The van der Waals surface area contributed by atoms with Crippen molar-refractivity contribution in [1.29, 1.82) is 5.26 Å². The Bertz CT molecular complexity index is 645. The molecule has 7 heteroatoms. The van der Waals surface area contributed by atoms with E-state index in [1.54, 1.807) is 13.0 Å². The number of β-amino-alcohol motifs (C(OH)–C–C–N with tert-alkyl or cyclic N) is 1. The third-order valence-corrected chi connectivity index (χ3v) is 5.14. The van der Waals surface area contributed by atoms with Gasteiger partial charge in [0.1, 0.15) is 22.3 Å². The van der Waals surface area contributed by atoms with Gasteiger partial charge in [-0.1, -0.05) is 13.0 Å². The standard InChI is InChI=1S/C12H13FN2O3S/c1-2-12(16)7-15(8-12)19(17,18)11-5-3-4-10(13)9(11)6-14/h3-5,16H,2,7-8H2,1H3. The Labute approximate surface area is 110 Å². The second-order valence-corrected chi connectivity index (χ2v) is 6.48. The molecule has 1 N–H and O–H groups in total. The monoisotopic (exact) mass is 284 g/mol. The number of halogens is 1. The molecule has 1 fully saturated rings. The summed E-state index contributed by atoms with van der Waals surface area (Å²) in [7, 11) is -3.94. The summed E-state index contributed by atoms with van der Waals surface area (Å²) in [4.78, 5) is -0.354. The van der Waals surface area contributed by atoms with Crippen molar-refractivity contribution in [3.05, 3.63) is 29.6 Å². The van der Waals surface area contributed by atoms with Gasteiger partial charge in [-0.15, -0.1) is 0 Å². The number of hydrogen-bond donors (Lipinski definition) is 1. The van der Waals surface area contributed by atoms with Crippen LogP contribution in [0.1, 0.15) is 18.9 Å². The van der Waals surface area contributed by atoms with E-state index < -0.39 is 27.0 Å². The lowest BCUT2D eigenvalue weighted by Gasteiger charge is -2.44. The maximum Gasteiger partial charge on any atom is 0.244 e. The second kappa shape index (κ2) is 4.56. The molecule has 1 aromatic rings. The van der Waals surface area contributed by atoms with Crippen LogP contribution < -0.4 is 0 Å². The van der Waals surface area contributed by atoms with E-state index in [0.29, 0.717) is 6.42 Å². The molecule has 5 nitrogen and oxygen atoms in total. The number of hydrogen-bond acceptors (Lipinski definition) is 4. The van der Waals surface area contributed by atoms with E-state index in [2.05, 4.69) is 0 Å². The van der Waals surface area contributed by atoms with Crippen LogP contribution in [-0.4, -0.2) is 36.5 Å². The van der Waals surface area contributed by atoms with Gasteiger partial charge in [0.15, 0.2) is 0 Å². The lowest BCUT2D eigenvalue weighted by atomic mass is 9.94. The van der Waals surface area contributed by atoms with E-state index in [9.17, 15) is 17.9 Å². The summed E-state index contributed by atoms with van der Waals surface area (Å²) in [6.07, 6.45) is 0.438. The molecule has 1 aliphatic rings. The van der Waals surface area contributed by atoms with Crippen molar-refractivity contribution in [2.24, 2.45) is 0 Å². The quantitative estimate of drug-likeness (QED) is 0.892. The lowest BCUT2D eigenvalue weighted by molar-refractivity contribution is -0.0613. The Morgan fingerprint density at radius 1 is 1.53 bits per heavy atom. The number of nitrogens with zero attached hydrogens (tertiary/aromatic N) is 2. The van der Waals surface area contributed by atoms with E-state index in [-0.39, 0.29) is 18.0 Å². The van der Waals surface area contributed by atoms with Gasteiger partial charge in [-0.05, 0) is 18.6 Å². The molecule has 1 saturated heterocycles. The van der Waals surface area contributed by atoms with Gasteiger partial charge < -0.3 is 5.11 Å². The Morgan fingerprint density at radius 2 is 2.16 bits per heavy atom. The van der Waals surface area contributed by atoms with Crippen LogP contribution in [0, 0.1) is 17.1 Å². The maximum absolute atomic E-state index is 13.4. The van der Waals surface area contributed by atoms with E-state index in [4.69, 9.17) is 5.26 Å². The Morgan fingerprint density at radius 3 is 2.68 bits per heavy atom. The lowest BCUT2D eigenvalue weighted by Crippen LogP contribution is -2.62. The summed E-state index contributed by atoms with van der Waals surface area (Å²) < 4.78 is 39.0. The highest BCUT2D eigenvalue weighted by Gasteiger charge is 2.46. The van der Waals surface area contributed by atoms with E-state index in [0.717, 1.165) is 10.4 Å².